The minimum absolute atomic E-state index is 0.132. The van der Waals surface area contributed by atoms with Crippen LogP contribution in [-0.2, 0) is 18.8 Å². The van der Waals surface area contributed by atoms with Gasteiger partial charge in [-0.05, 0) is 12.1 Å². The van der Waals surface area contributed by atoms with Crippen molar-refractivity contribution >= 4 is 9.42 Å². The van der Waals surface area contributed by atoms with E-state index in [2.05, 4.69) is 25.5 Å². The summed E-state index contributed by atoms with van der Waals surface area (Å²) in [6.07, 6.45) is 3.10. The third kappa shape index (κ3) is 3.76. The van der Waals surface area contributed by atoms with E-state index in [0.717, 1.165) is 6.07 Å². The van der Waals surface area contributed by atoms with Crippen LogP contribution in [-0.4, -0.2) is 9.97 Å². The zero-order valence-electron chi connectivity index (χ0n) is 11.0. The van der Waals surface area contributed by atoms with E-state index in [0.29, 0.717) is 11.4 Å². The van der Waals surface area contributed by atoms with Gasteiger partial charge in [0.1, 0.15) is 0 Å². The molecule has 114 valence electrons. The Morgan fingerprint density at radius 3 is 1.64 bits per heavy atom. The van der Waals surface area contributed by atoms with Gasteiger partial charge in [-0.15, -0.1) is 6.07 Å². The summed E-state index contributed by atoms with van der Waals surface area (Å²) in [4.78, 5) is 8.12. The van der Waals surface area contributed by atoms with Gasteiger partial charge in [-0.3, -0.25) is 18.7 Å². The molecule has 0 bridgehead atoms. The van der Waals surface area contributed by atoms with E-state index in [-0.39, 0.29) is 11.1 Å². The Bertz CT molecular complexity index is 679. The molecule has 1 aromatic carbocycles. The van der Waals surface area contributed by atoms with E-state index >= 15 is 0 Å². The molecule has 22 heavy (non-hydrogen) atoms. The number of benzene rings is 1. The zero-order valence-corrected chi connectivity index (χ0v) is 14.1. The van der Waals surface area contributed by atoms with Gasteiger partial charge in [-0.2, -0.15) is 0 Å². The first-order valence-corrected chi connectivity index (χ1v) is 8.93. The molecule has 2 nitrogen and oxygen atoms in total. The van der Waals surface area contributed by atoms with Gasteiger partial charge in [0.05, 0.1) is 11.6 Å². The van der Waals surface area contributed by atoms with Crippen LogP contribution in [0.2, 0.25) is 0 Å². The van der Waals surface area contributed by atoms with Crippen molar-refractivity contribution in [1.82, 2.24) is 9.97 Å². The molecule has 0 aliphatic carbocycles. The third-order valence-corrected chi connectivity index (χ3v) is 2.82. The van der Waals surface area contributed by atoms with Crippen molar-refractivity contribution in [1.29, 1.82) is 0 Å². The Balaban J connectivity index is 0.000000847. The molecular formula is C16H9ClF2N2Pt. The number of aromatic nitrogens is 2. The summed E-state index contributed by atoms with van der Waals surface area (Å²) in [6, 6.07) is 13.8. The molecule has 6 heteroatoms. The summed E-state index contributed by atoms with van der Waals surface area (Å²) in [5, 5.41) is 0. The molecule has 0 unspecified atom stereocenters. The van der Waals surface area contributed by atoms with Crippen molar-refractivity contribution < 1.29 is 27.6 Å². The topological polar surface area (TPSA) is 25.8 Å². The molecule has 3 rings (SSSR count). The standard InChI is InChI=1S/C16H9F2N2.ClH.Pt/c17-13-10-14(18)12(16-6-2-4-8-20-16)9-11(13)15-5-1-3-7-19-15;;/h1-8,10H;1H;/q-1;;+2/p-1. The first-order valence-electron chi connectivity index (χ1n) is 6.12. The van der Waals surface area contributed by atoms with Crippen LogP contribution in [0, 0.1) is 17.7 Å². The van der Waals surface area contributed by atoms with Crippen LogP contribution in [0.4, 0.5) is 8.78 Å². The molecule has 3 aromatic rings. The molecule has 0 N–H and O–H groups in total. The molecule has 0 atom stereocenters. The normalized spacial score (nSPS) is 9.86. The van der Waals surface area contributed by atoms with Crippen LogP contribution in [0.3, 0.4) is 0 Å². The molecule has 0 aliphatic heterocycles. The van der Waals surface area contributed by atoms with Gasteiger partial charge in [-0.25, -0.2) is 0 Å². The molecule has 0 saturated heterocycles. The van der Waals surface area contributed by atoms with E-state index < -0.39 is 11.6 Å². The van der Waals surface area contributed by atoms with Gasteiger partial charge in [0.15, 0.2) is 0 Å². The van der Waals surface area contributed by atoms with Gasteiger partial charge >= 0.3 is 28.2 Å². The fraction of sp³-hybridized carbons (Fsp3) is 0. The predicted molar refractivity (Wildman–Crippen MR) is 77.5 cm³/mol. The van der Waals surface area contributed by atoms with Crippen LogP contribution >= 0.6 is 9.42 Å². The molecule has 0 saturated carbocycles. The van der Waals surface area contributed by atoms with Gasteiger partial charge in [0.2, 0.25) is 0 Å². The van der Waals surface area contributed by atoms with Crippen LogP contribution in [0.1, 0.15) is 0 Å². The van der Waals surface area contributed by atoms with Crippen LogP contribution in [0.15, 0.2) is 54.9 Å². The van der Waals surface area contributed by atoms with Crippen LogP contribution in [0.25, 0.3) is 22.5 Å². The first-order chi connectivity index (χ1) is 10.8. The number of nitrogens with zero attached hydrogens (tertiary/aromatic N) is 2. The number of rotatable bonds is 2. The Morgan fingerprint density at radius 1 is 0.818 bits per heavy atom. The second-order valence-corrected chi connectivity index (χ2v) is 4.15. The molecular weight excluding hydrogens is 489 g/mol. The number of hydrogen-bond acceptors (Lipinski definition) is 2. The quantitative estimate of drug-likeness (QED) is 0.485. The van der Waals surface area contributed by atoms with E-state index in [4.69, 9.17) is 0 Å². The summed E-state index contributed by atoms with van der Waals surface area (Å²) < 4.78 is 27.8. The van der Waals surface area contributed by atoms with E-state index in [1.54, 1.807) is 67.6 Å². The molecule has 0 radical (unpaired) electrons. The molecule has 0 amide bonds. The summed E-state index contributed by atoms with van der Waals surface area (Å²) in [5.41, 5.74) is 1.07. The Kier molecular flexibility index (Phi) is 6.17. The number of halogens is 3. The summed E-state index contributed by atoms with van der Waals surface area (Å²) in [7, 11) is 4.61. The Labute approximate surface area is 142 Å². The predicted octanol–water partition coefficient (Wildman–Crippen LogP) is 4.58. The van der Waals surface area contributed by atoms with Crippen molar-refractivity contribution in [2.24, 2.45) is 0 Å². The fourth-order valence-corrected chi connectivity index (χ4v) is 1.89. The Hall–Kier alpha value is -1.64. The average Bonchev–Trinajstić information content (AvgIpc) is 2.58. The van der Waals surface area contributed by atoms with Crippen molar-refractivity contribution in [3.63, 3.8) is 0 Å². The minimum atomic E-state index is -0.694. The SMILES string of the molecule is Fc1cc(F)c(-c2ccccn2)[c-]c1-c1ccccn1.[Cl][Pt+]. The van der Waals surface area contributed by atoms with Crippen molar-refractivity contribution in [3.05, 3.63) is 72.6 Å². The van der Waals surface area contributed by atoms with Crippen LogP contribution in [0.5, 0.6) is 0 Å². The monoisotopic (exact) mass is 497 g/mol. The third-order valence-electron chi connectivity index (χ3n) is 2.82. The van der Waals surface area contributed by atoms with Crippen molar-refractivity contribution in [3.8, 4) is 22.5 Å². The van der Waals surface area contributed by atoms with E-state index in [9.17, 15) is 8.78 Å². The first kappa shape index (κ1) is 16.7. The summed E-state index contributed by atoms with van der Waals surface area (Å²) in [6.45, 7) is 0. The number of pyridine rings is 2. The second kappa shape index (κ2) is 8.11. The molecule has 0 aliphatic rings. The molecule has 0 fully saturated rings. The maximum absolute atomic E-state index is 13.9. The number of hydrogen-bond donors (Lipinski definition) is 0. The van der Waals surface area contributed by atoms with Crippen molar-refractivity contribution in [2.75, 3.05) is 0 Å². The summed E-state index contributed by atoms with van der Waals surface area (Å²) in [5.74, 6) is -1.39. The van der Waals surface area contributed by atoms with Gasteiger partial charge in [-0.1, -0.05) is 41.5 Å². The Morgan fingerprint density at radius 2 is 1.27 bits per heavy atom. The van der Waals surface area contributed by atoms with Gasteiger partial charge < -0.3 is 0 Å². The van der Waals surface area contributed by atoms with E-state index in [1.165, 1.54) is 0 Å². The fourth-order valence-electron chi connectivity index (χ4n) is 1.89. The second-order valence-electron chi connectivity index (χ2n) is 4.15. The average molecular weight is 498 g/mol. The van der Waals surface area contributed by atoms with Gasteiger partial charge in [0.25, 0.3) is 0 Å². The zero-order chi connectivity index (χ0) is 15.9. The van der Waals surface area contributed by atoms with Gasteiger partial charge in [0, 0.05) is 23.8 Å². The maximum atomic E-state index is 13.9. The van der Waals surface area contributed by atoms with E-state index in [1.807, 2.05) is 0 Å². The molecule has 2 heterocycles. The van der Waals surface area contributed by atoms with Crippen LogP contribution < -0.4 is 0 Å². The summed E-state index contributed by atoms with van der Waals surface area (Å²) >= 11 is 1.61. The molecule has 2 aromatic heterocycles. The molecule has 0 spiro atoms. The van der Waals surface area contributed by atoms with Crippen molar-refractivity contribution in [2.45, 2.75) is 0 Å².